The highest BCUT2D eigenvalue weighted by Crippen LogP contribution is 2.45. The lowest BCUT2D eigenvalue weighted by atomic mass is 10.1. The Hall–Kier alpha value is -5.93. The molecule has 16 N–H and O–H groups in total. The molecule has 124 heavy (non-hydrogen) atoms. The number of aromatic nitrogens is 10. The average Bonchev–Trinajstić information content (AvgIpc) is 1.65. The van der Waals surface area contributed by atoms with E-state index in [0.717, 1.165) is 39.9 Å². The molecular weight excluding hydrogens is 1750 g/mol. The maximum Gasteiger partial charge on any atom is 0.330 e. The van der Waals surface area contributed by atoms with Crippen LogP contribution >= 0.6 is 58.9 Å². The van der Waals surface area contributed by atoms with Gasteiger partial charge in [0.1, 0.15) is 78.4 Å². The monoisotopic (exact) mass is 1880 g/mol. The number of carbonyl (C=O) groups is 3. The fourth-order valence-corrected chi connectivity index (χ4v) is 19.3. The Morgan fingerprint density at radius 2 is 0.573 bits per heavy atom. The molecule has 45 heteroatoms. The van der Waals surface area contributed by atoms with Crippen molar-refractivity contribution >= 4 is 108 Å². The molecule has 10 heterocycles. The highest BCUT2D eigenvalue weighted by molar-refractivity contribution is 7.73. The van der Waals surface area contributed by atoms with E-state index in [0.29, 0.717) is 49.8 Å². The molecule has 0 saturated carbocycles. The molecule has 5 aliphatic rings. The second kappa shape index (κ2) is 45.6. The van der Waals surface area contributed by atoms with Gasteiger partial charge >= 0.3 is 17.1 Å². The molecule has 20 atom stereocenters. The highest BCUT2D eigenvalue weighted by atomic mass is 32.1. The summed E-state index contributed by atoms with van der Waals surface area (Å²) in [5.74, 6) is -0.597. The van der Waals surface area contributed by atoms with Crippen LogP contribution in [0, 0.1) is 9.54 Å². The summed E-state index contributed by atoms with van der Waals surface area (Å²) in [6.45, 7) is 19.2. The lowest BCUT2D eigenvalue weighted by Crippen LogP contribution is -2.39. The zero-order chi connectivity index (χ0) is 93.7. The van der Waals surface area contributed by atoms with Crippen LogP contribution in [0.3, 0.4) is 0 Å². The molecule has 0 aromatic carbocycles. The number of methoxy groups -OCH3 is 1. The van der Waals surface area contributed by atoms with Crippen molar-refractivity contribution in [2.45, 2.75) is 208 Å². The van der Waals surface area contributed by atoms with Crippen molar-refractivity contribution < 1.29 is 88.8 Å². The summed E-state index contributed by atoms with van der Waals surface area (Å²) < 4.78 is 40.8. The number of nitrogens with zero attached hydrogens (tertiary/aromatic N) is 5. The highest BCUT2D eigenvalue weighted by Gasteiger charge is 2.49. The molecule has 0 aliphatic carbocycles. The van der Waals surface area contributed by atoms with Crippen molar-refractivity contribution in [3.8, 4) is 0 Å². The number of aliphatic hydroxyl groups is 9. The van der Waals surface area contributed by atoms with Gasteiger partial charge in [-0.3, -0.25) is 86.1 Å². The van der Waals surface area contributed by atoms with E-state index >= 15 is 0 Å². The van der Waals surface area contributed by atoms with Gasteiger partial charge in [-0.2, -0.15) is 0 Å². The number of ketones is 3. The first kappa shape index (κ1) is 107. The first-order valence-corrected chi connectivity index (χ1v) is 56.2. The Bertz CT molecular complexity index is 5190. The molecule has 5 aromatic heterocycles. The number of aliphatic hydroxyl groups excluding tert-OH is 9. The molecule has 38 nitrogen and oxygen atoms in total. The number of nitrogens with one attached hydrogen (secondary N) is 7. The van der Waals surface area contributed by atoms with Crippen molar-refractivity contribution in [1.82, 2.24) is 58.4 Å². The van der Waals surface area contributed by atoms with Crippen LogP contribution in [0.1, 0.15) is 112 Å². The van der Waals surface area contributed by atoms with Gasteiger partial charge in [0.15, 0.2) is 40.7 Å². The van der Waals surface area contributed by atoms with E-state index in [1.54, 1.807) is 20.3 Å². The normalized spacial score (nSPS) is 26.9. The van der Waals surface area contributed by atoms with Gasteiger partial charge in [0.25, 0.3) is 27.8 Å². The SMILES string of the molecule is C=P(C)(C)CC[C@H]1O[C@@H](n2cc(CC(C)=O)c(=O)[nH]c2=O)[C@H](O)[C@@H]1O.C=P(C)(C)CC[C@H]1O[C@@H](n2cc(CC(C)=O)c(=O)[nH]c2=O)[C@H](OC)[C@@H]1O.C=P(C)(C)CC[C@H]1O[C@@H](n2cc(CC(C)=O)c(=O)[nH]c2=S)[C@H](O)[C@@H]1O.C=P(C)(C)CC[C@H]1O[C@@H](n2cc(CNC)c(=O)[nH]c2=O)[C@H](O)[C@@H]1O.C=P(C)(C)CC[C@H]1O[C@@H](n2cc(CNC)c(=O)[nH]c2=S)[C@H](O)[C@@H]1O. The Labute approximate surface area is 729 Å². The molecule has 0 radical (unpaired) electrons. The summed E-state index contributed by atoms with van der Waals surface area (Å²) in [5, 5.41) is 98.6. The van der Waals surface area contributed by atoms with E-state index in [1.165, 1.54) is 66.4 Å². The second-order valence-corrected chi connectivity index (χ2v) is 57.8. The van der Waals surface area contributed by atoms with E-state index in [9.17, 15) is 98.7 Å². The van der Waals surface area contributed by atoms with Crippen LogP contribution in [0.25, 0.3) is 0 Å². The summed E-state index contributed by atoms with van der Waals surface area (Å²) in [4.78, 5) is 141. The summed E-state index contributed by atoms with van der Waals surface area (Å²) >= 11 is 10.3. The summed E-state index contributed by atoms with van der Waals surface area (Å²) in [7, 11) is 4.84. The number of hydrogen-bond acceptors (Lipinski definition) is 30. The lowest BCUT2D eigenvalue weighted by molar-refractivity contribution is -0.117. The molecule has 10 rings (SSSR count). The molecule has 0 spiro atoms. The Morgan fingerprint density at radius 3 is 0.831 bits per heavy atom. The van der Waals surface area contributed by atoms with Crippen LogP contribution in [-0.4, -0.2) is 353 Å². The number of Topliss-reactive ketones (excluding diaryl/α,β-unsaturated/α-hetero) is 3. The summed E-state index contributed by atoms with van der Waals surface area (Å²) in [6.07, 6.45) is 15.9. The van der Waals surface area contributed by atoms with Crippen LogP contribution < -0.4 is 55.5 Å². The Morgan fingerprint density at radius 1 is 0.363 bits per heavy atom. The van der Waals surface area contributed by atoms with E-state index < -0.39 is 196 Å². The van der Waals surface area contributed by atoms with Crippen molar-refractivity contribution in [2.24, 2.45) is 0 Å². The third-order valence-electron chi connectivity index (χ3n) is 20.7. The fourth-order valence-electron chi connectivity index (χ4n) is 14.0. The van der Waals surface area contributed by atoms with Gasteiger partial charge in [-0.1, -0.05) is 0 Å². The largest absolute Gasteiger partial charge is 0.388 e. The van der Waals surface area contributed by atoms with Gasteiger partial charge in [-0.25, -0.2) is 14.4 Å². The predicted octanol–water partition coefficient (Wildman–Crippen LogP) is -0.499. The lowest BCUT2D eigenvalue weighted by Gasteiger charge is -2.20. The predicted molar refractivity (Wildman–Crippen MR) is 496 cm³/mol. The maximum atomic E-state index is 12.3. The maximum absolute atomic E-state index is 12.3. The van der Waals surface area contributed by atoms with Gasteiger partial charge in [0.2, 0.25) is 0 Å². The topological polar surface area (TPSA) is 553 Å². The van der Waals surface area contributed by atoms with E-state index in [2.05, 4.69) is 134 Å². The summed E-state index contributed by atoms with van der Waals surface area (Å²) in [6, 6.07) is 0. The molecule has 5 saturated heterocycles. The zero-order valence-electron chi connectivity index (χ0n) is 73.3. The number of H-pyrrole nitrogens is 5. The zero-order valence-corrected chi connectivity index (χ0v) is 79.4. The van der Waals surface area contributed by atoms with Crippen molar-refractivity contribution in [1.29, 1.82) is 0 Å². The minimum Gasteiger partial charge on any atom is -0.388 e. The van der Waals surface area contributed by atoms with Crippen LogP contribution in [0.5, 0.6) is 0 Å². The number of carbonyl (C=O) groups excluding carboxylic acids is 3. The smallest absolute Gasteiger partial charge is 0.330 e. The quantitative estimate of drug-likeness (QED) is 0.0196. The van der Waals surface area contributed by atoms with Crippen LogP contribution in [0.4, 0.5) is 0 Å². The minimum atomic E-state index is -1.32. The molecule has 0 bridgehead atoms. The van der Waals surface area contributed by atoms with Crippen molar-refractivity contribution in [2.75, 3.05) is 119 Å². The molecule has 0 unspecified atom stereocenters. The standard InChI is InChI=1S/C17H27N2O6P.C16H25N2O6P.C16H25N2O5PS.C15H26N3O5P.C15H26N3O4PS/c1-10(20)8-11-9-19(17(23)18-15(11)22)16-14(24-2)13(21)12(25-16)6-7-26(3,4)5;1-9(19)7-10-8-18(16(23)17-14(10)22)15-13(21)12(20)11(24-15)5-6-25(2,3)4;1-9(19)7-10-8-18(16(25)17-14(10)22)15-13(21)12(20)11(23-15)5-6-24(2,3)4;1-16-7-9-8-18(15(22)17-13(9)21)14-12(20)11(19)10(23-14)5-6-24(2,3)4;1-16-7-9-8-18(15(24)17-13(9)21)14-12(20)11(19)10(22-14)5-6-23(2,3)4/h9,12-14,16,21H,3,6-8H2,1-2,4-5H3,(H,18,22,23);8,11-13,15,20-21H,2,5-7H2,1,3-4H3,(H,17,22,23);8,11-13,15,20-21H,2,5-7H2,1,3-4H3,(H,17,22,25);8,10-12,14,16,19-20H,2,5-7H2,1,3-4H3,(H,17,21,22);8,10-12,14,16,19-20H,2,5-7H2,1,3-4H3,(H,17,21,24)/t12-,13-,14-,16-;2*11-,12-,13-,15-;2*10-,11-,12-,14-/m11111/s1. The molecule has 698 valence electrons. The molecule has 5 fully saturated rings. The third-order valence-corrected chi connectivity index (χ3v) is 28.6. The van der Waals surface area contributed by atoms with Crippen molar-refractivity contribution in [3.63, 3.8) is 0 Å². The molecule has 0 amide bonds. The van der Waals surface area contributed by atoms with Crippen LogP contribution in [-0.2, 0) is 75.2 Å². The van der Waals surface area contributed by atoms with Gasteiger partial charge < -0.3 is 85.0 Å². The van der Waals surface area contributed by atoms with Crippen molar-refractivity contribution in [3.05, 3.63) is 152 Å². The van der Waals surface area contributed by atoms with Gasteiger partial charge in [-0.05, 0) is 189 Å². The van der Waals surface area contributed by atoms with Gasteiger partial charge in [-0.15, -0.1) is 65.9 Å². The average molecular weight is 1880 g/mol. The number of ether oxygens (including phenoxy) is 6. The van der Waals surface area contributed by atoms with Gasteiger partial charge in [0.05, 0.1) is 30.5 Å². The van der Waals surface area contributed by atoms with E-state index in [4.69, 9.17) is 52.9 Å². The first-order chi connectivity index (χ1) is 57.3. The van der Waals surface area contributed by atoms with Gasteiger partial charge in [0, 0.05) is 98.3 Å². The Balaban J connectivity index is 0.000000240. The molecular formula is C79H129N12O26P5S2. The fraction of sp³-hybridized carbons (Fsp3) is 0.646. The molecule has 5 aromatic rings. The number of hydrogen-bond donors (Lipinski definition) is 16. The summed E-state index contributed by atoms with van der Waals surface area (Å²) in [5.41, 5.74) is -3.25. The number of rotatable bonds is 31. The van der Waals surface area contributed by atoms with Crippen LogP contribution in [0.2, 0.25) is 0 Å². The first-order valence-electron chi connectivity index (χ1n) is 40.1. The number of aromatic amines is 5. The Kier molecular flexibility index (Phi) is 39.2. The van der Waals surface area contributed by atoms with E-state index in [-0.39, 0.29) is 74.9 Å². The van der Waals surface area contributed by atoms with E-state index in [1.807, 2.05) is 0 Å². The molecule has 5 aliphatic heterocycles. The van der Waals surface area contributed by atoms with Crippen LogP contribution in [0.15, 0.2) is 69.3 Å². The minimum absolute atomic E-state index is 0.0417. The second-order valence-electron chi connectivity index (χ2n) is 35.5. The third kappa shape index (κ3) is 30.6.